The highest BCUT2D eigenvalue weighted by atomic mass is 32.2. The number of fused-ring (bicyclic) bond motifs is 1. The molecule has 29 heavy (non-hydrogen) atoms. The van der Waals surface area contributed by atoms with Crippen molar-refractivity contribution in [2.75, 3.05) is 19.6 Å². The van der Waals surface area contributed by atoms with Crippen LogP contribution in [0.3, 0.4) is 0 Å². The first-order chi connectivity index (χ1) is 14.0. The van der Waals surface area contributed by atoms with Gasteiger partial charge in [-0.05, 0) is 56.6 Å². The summed E-state index contributed by atoms with van der Waals surface area (Å²) in [6, 6.07) is 5.03. The number of carbonyl (C=O) groups excluding carboxylic acids is 1. The molecule has 1 amide bonds. The lowest BCUT2D eigenvalue weighted by Gasteiger charge is -2.31. The van der Waals surface area contributed by atoms with E-state index >= 15 is 0 Å². The monoisotopic (exact) mass is 436 g/mol. The second-order valence-corrected chi connectivity index (χ2v) is 10.5. The summed E-state index contributed by atoms with van der Waals surface area (Å²) in [6.45, 7) is 2.20. The fraction of sp³-hybridized carbons (Fsp3) is 0.650. The Morgan fingerprint density at radius 3 is 2.52 bits per heavy atom. The molecule has 1 aliphatic heterocycles. The van der Waals surface area contributed by atoms with Crippen LogP contribution in [0.1, 0.15) is 51.4 Å². The van der Waals surface area contributed by atoms with E-state index in [1.165, 1.54) is 12.8 Å². The van der Waals surface area contributed by atoms with Gasteiger partial charge in [0.15, 0.2) is 0 Å². The van der Waals surface area contributed by atoms with Crippen LogP contribution in [0.4, 0.5) is 0 Å². The zero-order valence-electron chi connectivity index (χ0n) is 16.5. The molecule has 1 saturated carbocycles. The van der Waals surface area contributed by atoms with E-state index in [9.17, 15) is 13.2 Å². The molecule has 0 spiro atoms. The molecule has 0 unspecified atom stereocenters. The molecule has 1 aliphatic carbocycles. The summed E-state index contributed by atoms with van der Waals surface area (Å²) < 4.78 is 36.5. The topological polar surface area (TPSA) is 92.3 Å². The van der Waals surface area contributed by atoms with Crippen molar-refractivity contribution in [2.45, 2.75) is 56.3 Å². The first kappa shape index (κ1) is 20.7. The third kappa shape index (κ3) is 4.78. The molecule has 1 aromatic carbocycles. The Hall–Kier alpha value is -1.58. The lowest BCUT2D eigenvalue weighted by atomic mass is 9.81. The summed E-state index contributed by atoms with van der Waals surface area (Å²) in [7, 11) is -3.63. The molecule has 158 valence electrons. The molecule has 1 saturated heterocycles. The number of carbonyl (C=O) groups is 1. The number of rotatable bonds is 5. The van der Waals surface area contributed by atoms with Gasteiger partial charge in [0.2, 0.25) is 15.9 Å². The minimum Gasteiger partial charge on any atom is -0.342 e. The lowest BCUT2D eigenvalue weighted by molar-refractivity contribution is -0.136. The van der Waals surface area contributed by atoms with Gasteiger partial charge in [0.1, 0.15) is 15.9 Å². The molecule has 1 aromatic heterocycles. The predicted molar refractivity (Wildman–Crippen MR) is 113 cm³/mol. The molecule has 2 heterocycles. The van der Waals surface area contributed by atoms with E-state index in [-0.39, 0.29) is 16.7 Å². The maximum Gasteiger partial charge on any atom is 0.242 e. The molecule has 1 N–H and O–H groups in total. The summed E-state index contributed by atoms with van der Waals surface area (Å²) >= 11 is 1.02. The Morgan fingerprint density at radius 1 is 1.07 bits per heavy atom. The quantitative estimate of drug-likeness (QED) is 0.777. The van der Waals surface area contributed by atoms with Crippen LogP contribution in [0.15, 0.2) is 23.1 Å². The van der Waals surface area contributed by atoms with Crippen molar-refractivity contribution in [3.8, 4) is 0 Å². The van der Waals surface area contributed by atoms with E-state index in [2.05, 4.69) is 18.4 Å². The maximum atomic E-state index is 12.8. The number of nitrogens with one attached hydrogen (secondary N) is 1. The number of nitrogens with zero attached hydrogens (tertiary/aromatic N) is 3. The van der Waals surface area contributed by atoms with Crippen molar-refractivity contribution in [3.05, 3.63) is 18.2 Å². The van der Waals surface area contributed by atoms with Crippen LogP contribution in [-0.2, 0) is 14.8 Å². The van der Waals surface area contributed by atoms with E-state index in [4.69, 9.17) is 0 Å². The Morgan fingerprint density at radius 2 is 1.79 bits per heavy atom. The summed E-state index contributed by atoms with van der Waals surface area (Å²) in [5, 5.41) is 0. The second kappa shape index (κ2) is 9.06. The SMILES string of the molecule is O=C(C1CCC(CNS(=O)(=O)c2cccc3nsnc23)CC1)N1CCCCCC1. The van der Waals surface area contributed by atoms with Gasteiger partial charge in [0.05, 0.1) is 11.7 Å². The normalized spacial score (nSPS) is 23.8. The molecular weight excluding hydrogens is 408 g/mol. The maximum absolute atomic E-state index is 12.8. The van der Waals surface area contributed by atoms with Gasteiger partial charge in [-0.25, -0.2) is 13.1 Å². The fourth-order valence-electron chi connectivity index (χ4n) is 4.47. The number of benzene rings is 1. The standard InChI is InChI=1S/C20H28N4O3S2/c25-20(24-12-3-1-2-4-13-24)16-10-8-15(9-11-16)14-21-29(26,27)18-7-5-6-17-19(18)23-28-22-17/h5-7,15-16,21H,1-4,8-14H2. The van der Waals surface area contributed by atoms with Crippen molar-refractivity contribution < 1.29 is 13.2 Å². The van der Waals surface area contributed by atoms with Crippen LogP contribution < -0.4 is 4.72 Å². The van der Waals surface area contributed by atoms with Gasteiger partial charge in [0.25, 0.3) is 0 Å². The van der Waals surface area contributed by atoms with Crippen LogP contribution in [0.2, 0.25) is 0 Å². The van der Waals surface area contributed by atoms with Gasteiger partial charge in [-0.3, -0.25) is 4.79 Å². The van der Waals surface area contributed by atoms with Crippen LogP contribution in [0.5, 0.6) is 0 Å². The van der Waals surface area contributed by atoms with Gasteiger partial charge in [-0.2, -0.15) is 8.75 Å². The number of sulfonamides is 1. The van der Waals surface area contributed by atoms with Gasteiger partial charge in [-0.1, -0.05) is 18.9 Å². The predicted octanol–water partition coefficient (Wildman–Crippen LogP) is 3.18. The average Bonchev–Trinajstić information content (AvgIpc) is 3.05. The second-order valence-electron chi connectivity index (χ2n) is 8.20. The highest BCUT2D eigenvalue weighted by Gasteiger charge is 2.30. The van der Waals surface area contributed by atoms with Crippen LogP contribution in [-0.4, -0.2) is 47.6 Å². The van der Waals surface area contributed by atoms with Crippen molar-refractivity contribution in [1.29, 1.82) is 0 Å². The number of hydrogen-bond acceptors (Lipinski definition) is 6. The third-order valence-corrected chi connectivity index (χ3v) is 8.21. The lowest BCUT2D eigenvalue weighted by Crippen LogP contribution is -2.39. The Bertz CT molecular complexity index is 944. The molecule has 0 bridgehead atoms. The Balaban J connectivity index is 1.30. The molecule has 0 atom stereocenters. The molecule has 2 aliphatic rings. The van der Waals surface area contributed by atoms with Crippen molar-refractivity contribution in [3.63, 3.8) is 0 Å². The minimum absolute atomic E-state index is 0.107. The first-order valence-corrected chi connectivity index (χ1v) is 12.8. The van der Waals surface area contributed by atoms with Crippen molar-refractivity contribution in [2.24, 2.45) is 11.8 Å². The number of hydrogen-bond donors (Lipinski definition) is 1. The van der Waals surface area contributed by atoms with Crippen molar-refractivity contribution in [1.82, 2.24) is 18.4 Å². The highest BCUT2D eigenvalue weighted by Crippen LogP contribution is 2.31. The number of likely N-dealkylation sites (tertiary alicyclic amines) is 1. The van der Waals surface area contributed by atoms with E-state index in [0.29, 0.717) is 23.5 Å². The smallest absolute Gasteiger partial charge is 0.242 e. The van der Waals surface area contributed by atoms with E-state index in [0.717, 1.165) is 63.3 Å². The Labute approximate surface area is 176 Å². The van der Waals surface area contributed by atoms with Gasteiger partial charge in [0, 0.05) is 25.6 Å². The van der Waals surface area contributed by atoms with Gasteiger partial charge in [-0.15, -0.1) is 0 Å². The van der Waals surface area contributed by atoms with Gasteiger partial charge >= 0.3 is 0 Å². The summed E-state index contributed by atoms with van der Waals surface area (Å²) in [5.74, 6) is 0.690. The summed E-state index contributed by atoms with van der Waals surface area (Å²) in [5.41, 5.74) is 1.03. The van der Waals surface area contributed by atoms with Gasteiger partial charge < -0.3 is 4.90 Å². The number of amides is 1. The summed E-state index contributed by atoms with van der Waals surface area (Å²) in [6.07, 6.45) is 8.15. The Kier molecular flexibility index (Phi) is 6.46. The first-order valence-electron chi connectivity index (χ1n) is 10.5. The van der Waals surface area contributed by atoms with E-state index in [1.54, 1.807) is 18.2 Å². The highest BCUT2D eigenvalue weighted by molar-refractivity contribution is 7.89. The van der Waals surface area contributed by atoms with Crippen LogP contribution >= 0.6 is 11.7 Å². The van der Waals surface area contributed by atoms with Crippen molar-refractivity contribution >= 4 is 38.7 Å². The molecule has 9 heteroatoms. The minimum atomic E-state index is -3.63. The average molecular weight is 437 g/mol. The molecule has 0 radical (unpaired) electrons. The van der Waals surface area contributed by atoms with E-state index in [1.807, 2.05) is 0 Å². The molecule has 4 rings (SSSR count). The molecular formula is C20H28N4O3S2. The van der Waals surface area contributed by atoms with Crippen LogP contribution in [0.25, 0.3) is 11.0 Å². The molecule has 2 fully saturated rings. The largest absolute Gasteiger partial charge is 0.342 e. The number of aromatic nitrogens is 2. The summed E-state index contributed by atoms with van der Waals surface area (Å²) in [4.78, 5) is 15.1. The van der Waals surface area contributed by atoms with E-state index < -0.39 is 10.0 Å². The zero-order chi connectivity index (χ0) is 20.3. The zero-order valence-corrected chi connectivity index (χ0v) is 18.2. The van der Waals surface area contributed by atoms with Crippen LogP contribution in [0, 0.1) is 11.8 Å². The fourth-order valence-corrected chi connectivity index (χ4v) is 6.35. The third-order valence-electron chi connectivity index (χ3n) is 6.21. The molecule has 2 aromatic rings. The molecule has 7 nitrogen and oxygen atoms in total.